The second-order valence-corrected chi connectivity index (χ2v) is 4.59. The minimum atomic E-state index is -0.517. The molecule has 0 saturated heterocycles. The smallest absolute Gasteiger partial charge is 0.167 e. The van der Waals surface area contributed by atoms with Gasteiger partial charge in [0, 0.05) is 12.6 Å². The molecule has 0 aliphatic heterocycles. The largest absolute Gasteiger partial charge is 0.397 e. The summed E-state index contributed by atoms with van der Waals surface area (Å²) in [6.07, 6.45) is 1.70. The Balaban J connectivity index is 3.24. The molecular weight excluding hydrogens is 255 g/mol. The Morgan fingerprint density at radius 3 is 2.50 bits per heavy atom. The molecular formula is C13H20ClFN2O. The highest BCUT2D eigenvalue weighted by molar-refractivity contribution is 6.31. The molecule has 3 N–H and O–H groups in total. The zero-order chi connectivity index (χ0) is 13.7. The molecule has 102 valence electrons. The lowest BCUT2D eigenvalue weighted by atomic mass is 10.1. The maximum absolute atomic E-state index is 14.1. The van der Waals surface area contributed by atoms with Gasteiger partial charge in [-0.2, -0.15) is 0 Å². The number of halogens is 2. The average Bonchev–Trinajstić information content (AvgIpc) is 2.36. The van der Waals surface area contributed by atoms with E-state index in [2.05, 4.69) is 0 Å². The van der Waals surface area contributed by atoms with Crippen LogP contribution in [0, 0.1) is 5.82 Å². The Labute approximate surface area is 112 Å². The van der Waals surface area contributed by atoms with Crippen LogP contribution in [0.15, 0.2) is 12.1 Å². The van der Waals surface area contributed by atoms with Crippen LogP contribution in [0.1, 0.15) is 26.7 Å². The van der Waals surface area contributed by atoms with Crippen LogP contribution < -0.4 is 10.6 Å². The van der Waals surface area contributed by atoms with Crippen LogP contribution >= 0.6 is 11.6 Å². The van der Waals surface area contributed by atoms with Crippen molar-refractivity contribution >= 4 is 23.0 Å². The molecule has 0 atom stereocenters. The normalized spacial score (nSPS) is 11.0. The molecule has 3 nitrogen and oxygen atoms in total. The summed E-state index contributed by atoms with van der Waals surface area (Å²) in [5.41, 5.74) is 6.49. The molecule has 1 rings (SSSR count). The molecule has 0 unspecified atom stereocenters. The first-order valence-electron chi connectivity index (χ1n) is 6.17. The predicted octanol–water partition coefficient (Wildman–Crippen LogP) is 3.05. The lowest BCUT2D eigenvalue weighted by Crippen LogP contribution is -2.38. The summed E-state index contributed by atoms with van der Waals surface area (Å²) >= 11 is 5.80. The molecule has 0 amide bonds. The number of aliphatic hydroxyl groups is 1. The molecule has 1 aromatic rings. The summed E-state index contributed by atoms with van der Waals surface area (Å²) < 4.78 is 14.1. The molecule has 0 radical (unpaired) electrons. The monoisotopic (exact) mass is 274 g/mol. The predicted molar refractivity (Wildman–Crippen MR) is 74.6 cm³/mol. The molecule has 0 heterocycles. The van der Waals surface area contributed by atoms with Crippen molar-refractivity contribution in [3.8, 4) is 0 Å². The van der Waals surface area contributed by atoms with E-state index in [-0.39, 0.29) is 17.7 Å². The van der Waals surface area contributed by atoms with E-state index in [1.165, 1.54) is 6.07 Å². The van der Waals surface area contributed by atoms with Gasteiger partial charge in [0.25, 0.3) is 0 Å². The first-order chi connectivity index (χ1) is 8.56. The van der Waals surface area contributed by atoms with Gasteiger partial charge in [-0.25, -0.2) is 4.39 Å². The Kier molecular flexibility index (Phi) is 5.69. The number of hydrogen-bond acceptors (Lipinski definition) is 3. The van der Waals surface area contributed by atoms with E-state index in [4.69, 9.17) is 22.4 Å². The molecule has 0 spiro atoms. The van der Waals surface area contributed by atoms with Gasteiger partial charge < -0.3 is 15.7 Å². The molecule has 0 bridgehead atoms. The molecule has 0 saturated carbocycles. The first kappa shape index (κ1) is 15.1. The molecule has 0 aliphatic carbocycles. The van der Waals surface area contributed by atoms with E-state index >= 15 is 0 Å². The minimum absolute atomic E-state index is 0.0492. The number of nitrogens with zero attached hydrogens (tertiary/aromatic N) is 1. The van der Waals surface area contributed by atoms with Crippen LogP contribution in [0.4, 0.5) is 15.8 Å². The number of benzene rings is 1. The van der Waals surface area contributed by atoms with Gasteiger partial charge in [0.2, 0.25) is 0 Å². The van der Waals surface area contributed by atoms with Gasteiger partial charge in [-0.05, 0) is 25.0 Å². The molecule has 0 fully saturated rings. The average molecular weight is 275 g/mol. The zero-order valence-electron chi connectivity index (χ0n) is 10.8. The van der Waals surface area contributed by atoms with E-state index in [0.29, 0.717) is 17.9 Å². The number of anilines is 2. The van der Waals surface area contributed by atoms with E-state index < -0.39 is 5.82 Å². The fourth-order valence-electron chi connectivity index (χ4n) is 2.16. The first-order valence-corrected chi connectivity index (χ1v) is 6.55. The summed E-state index contributed by atoms with van der Waals surface area (Å²) in [6.45, 7) is 4.34. The van der Waals surface area contributed by atoms with Gasteiger partial charge in [-0.15, -0.1) is 0 Å². The fraction of sp³-hybridized carbons (Fsp3) is 0.538. The van der Waals surface area contributed by atoms with Gasteiger partial charge in [0.05, 0.1) is 23.0 Å². The number of nitrogen functional groups attached to an aromatic ring is 1. The lowest BCUT2D eigenvalue weighted by Gasteiger charge is -2.33. The Morgan fingerprint density at radius 2 is 2.00 bits per heavy atom. The Bertz CT molecular complexity index is 397. The third-order valence-electron chi connectivity index (χ3n) is 3.11. The number of nitrogens with two attached hydrogens (primary N) is 1. The summed E-state index contributed by atoms with van der Waals surface area (Å²) in [6, 6.07) is 3.17. The summed E-state index contributed by atoms with van der Waals surface area (Å²) in [7, 11) is 0. The zero-order valence-corrected chi connectivity index (χ0v) is 11.5. The molecule has 5 heteroatoms. The number of rotatable bonds is 6. The third kappa shape index (κ3) is 3.06. The minimum Gasteiger partial charge on any atom is -0.397 e. The molecule has 18 heavy (non-hydrogen) atoms. The van der Waals surface area contributed by atoms with E-state index in [1.54, 1.807) is 11.0 Å². The van der Waals surface area contributed by atoms with E-state index in [1.807, 2.05) is 13.8 Å². The van der Waals surface area contributed by atoms with Crippen molar-refractivity contribution in [1.29, 1.82) is 0 Å². The second-order valence-electron chi connectivity index (χ2n) is 4.19. The van der Waals surface area contributed by atoms with Crippen molar-refractivity contribution in [2.75, 3.05) is 23.8 Å². The summed E-state index contributed by atoms with van der Waals surface area (Å²) in [5.74, 6) is -0.517. The van der Waals surface area contributed by atoms with Gasteiger partial charge in [0.15, 0.2) is 5.82 Å². The molecule has 0 aliphatic rings. The van der Waals surface area contributed by atoms with Crippen LogP contribution in [-0.4, -0.2) is 24.3 Å². The van der Waals surface area contributed by atoms with Crippen molar-refractivity contribution < 1.29 is 9.50 Å². The highest BCUT2D eigenvalue weighted by Gasteiger charge is 2.22. The Hall–Kier alpha value is -1.000. The van der Waals surface area contributed by atoms with Crippen LogP contribution in [0.5, 0.6) is 0 Å². The van der Waals surface area contributed by atoms with Crippen molar-refractivity contribution in [3.05, 3.63) is 23.0 Å². The van der Waals surface area contributed by atoms with Crippen molar-refractivity contribution in [3.63, 3.8) is 0 Å². The van der Waals surface area contributed by atoms with E-state index in [9.17, 15) is 4.39 Å². The fourth-order valence-corrected chi connectivity index (χ4v) is 2.31. The highest BCUT2D eigenvalue weighted by Crippen LogP contribution is 2.33. The van der Waals surface area contributed by atoms with Crippen LogP contribution in [-0.2, 0) is 0 Å². The van der Waals surface area contributed by atoms with Crippen LogP contribution in [0.3, 0.4) is 0 Å². The van der Waals surface area contributed by atoms with Gasteiger partial charge >= 0.3 is 0 Å². The maximum atomic E-state index is 14.1. The highest BCUT2D eigenvalue weighted by atomic mass is 35.5. The van der Waals surface area contributed by atoms with Crippen LogP contribution in [0.2, 0.25) is 5.02 Å². The third-order valence-corrected chi connectivity index (χ3v) is 3.40. The van der Waals surface area contributed by atoms with Crippen LogP contribution in [0.25, 0.3) is 0 Å². The Morgan fingerprint density at radius 1 is 1.39 bits per heavy atom. The quantitative estimate of drug-likeness (QED) is 0.784. The van der Waals surface area contributed by atoms with Crippen molar-refractivity contribution in [1.82, 2.24) is 0 Å². The van der Waals surface area contributed by atoms with Gasteiger partial charge in [-0.3, -0.25) is 0 Å². The molecule has 0 aromatic heterocycles. The van der Waals surface area contributed by atoms with E-state index in [0.717, 1.165) is 12.8 Å². The summed E-state index contributed by atoms with van der Waals surface area (Å²) in [4.78, 5) is 1.80. The second kappa shape index (κ2) is 6.81. The molecule has 1 aromatic carbocycles. The SMILES string of the molecule is CCC(CC)N(CCO)c1c(N)ccc(Cl)c1F. The maximum Gasteiger partial charge on any atom is 0.167 e. The topological polar surface area (TPSA) is 49.5 Å². The van der Waals surface area contributed by atoms with Crippen molar-refractivity contribution in [2.45, 2.75) is 32.7 Å². The standard InChI is InChI=1S/C13H20ClFN2O/c1-3-9(4-2)17(7-8-18)13-11(16)6-5-10(14)12(13)15/h5-6,9,18H,3-4,7-8,16H2,1-2H3. The van der Waals surface area contributed by atoms with Gasteiger partial charge in [-0.1, -0.05) is 25.4 Å². The van der Waals surface area contributed by atoms with Gasteiger partial charge in [0.1, 0.15) is 0 Å². The lowest BCUT2D eigenvalue weighted by molar-refractivity contribution is 0.295. The summed E-state index contributed by atoms with van der Waals surface area (Å²) in [5, 5.41) is 9.20. The van der Waals surface area contributed by atoms with Crippen molar-refractivity contribution in [2.24, 2.45) is 0 Å². The number of aliphatic hydroxyl groups excluding tert-OH is 1. The number of hydrogen-bond donors (Lipinski definition) is 2.